The van der Waals surface area contributed by atoms with E-state index in [0.29, 0.717) is 18.8 Å². The Morgan fingerprint density at radius 2 is 1.92 bits per heavy atom. The molecule has 0 unspecified atom stereocenters. The second-order valence-electron chi connectivity index (χ2n) is 6.40. The number of hydrogen-bond acceptors (Lipinski definition) is 4. The maximum Gasteiger partial charge on any atom is 0.272 e. The zero-order valence-electron chi connectivity index (χ0n) is 13.7. The lowest BCUT2D eigenvalue weighted by atomic mass is 9.93. The molecule has 3 aromatic rings. The van der Waals surface area contributed by atoms with E-state index in [-0.39, 0.29) is 24.3 Å². The van der Waals surface area contributed by atoms with E-state index < -0.39 is 0 Å². The molecule has 3 heterocycles. The highest BCUT2D eigenvalue weighted by molar-refractivity contribution is 5.95. The van der Waals surface area contributed by atoms with Gasteiger partial charge in [-0.1, -0.05) is 30.3 Å². The summed E-state index contributed by atoms with van der Waals surface area (Å²) < 4.78 is 0. The summed E-state index contributed by atoms with van der Waals surface area (Å²) in [6.07, 6.45) is 1.75. The van der Waals surface area contributed by atoms with Crippen molar-refractivity contribution in [3.63, 3.8) is 0 Å². The summed E-state index contributed by atoms with van der Waals surface area (Å²) in [5.74, 6) is -0.0439. The molecule has 1 saturated heterocycles. The Kier molecular flexibility index (Phi) is 4.15. The van der Waals surface area contributed by atoms with E-state index in [4.69, 9.17) is 0 Å². The van der Waals surface area contributed by atoms with Crippen LogP contribution in [0.4, 0.5) is 0 Å². The van der Waals surface area contributed by atoms with Crippen molar-refractivity contribution < 1.29 is 9.90 Å². The number of aliphatic hydroxyl groups excluding tert-OH is 1. The van der Waals surface area contributed by atoms with Crippen LogP contribution in [0.5, 0.6) is 0 Å². The molecule has 1 N–H and O–H groups in total. The monoisotopic (exact) mass is 333 g/mol. The van der Waals surface area contributed by atoms with Crippen molar-refractivity contribution in [1.82, 2.24) is 14.9 Å². The van der Waals surface area contributed by atoms with E-state index in [1.54, 1.807) is 17.2 Å². The second kappa shape index (κ2) is 6.61. The first-order chi connectivity index (χ1) is 12.3. The molecular formula is C20H19N3O2. The van der Waals surface area contributed by atoms with E-state index >= 15 is 0 Å². The molecular weight excluding hydrogens is 314 g/mol. The minimum absolute atomic E-state index is 0.000642. The number of aromatic nitrogens is 2. The third-order valence-electron chi connectivity index (χ3n) is 4.85. The third kappa shape index (κ3) is 2.98. The number of aliphatic hydroxyl groups is 1. The van der Waals surface area contributed by atoms with Gasteiger partial charge in [0.05, 0.1) is 5.52 Å². The molecule has 5 heteroatoms. The van der Waals surface area contributed by atoms with Gasteiger partial charge in [0.25, 0.3) is 5.91 Å². The lowest BCUT2D eigenvalue weighted by Gasteiger charge is -2.16. The molecule has 1 aromatic carbocycles. The number of fused-ring (bicyclic) bond motifs is 1. The number of nitrogens with zero attached hydrogens (tertiary/aromatic N) is 3. The molecule has 2 atom stereocenters. The molecule has 0 saturated carbocycles. The van der Waals surface area contributed by atoms with Crippen LogP contribution in [0.3, 0.4) is 0 Å². The molecule has 1 fully saturated rings. The maximum absolute atomic E-state index is 12.9. The van der Waals surface area contributed by atoms with Crippen LogP contribution in [-0.4, -0.2) is 45.6 Å². The first-order valence-corrected chi connectivity index (χ1v) is 8.43. The molecule has 0 bridgehead atoms. The fourth-order valence-corrected chi connectivity index (χ4v) is 3.50. The number of carbonyl (C=O) groups is 1. The van der Waals surface area contributed by atoms with Crippen LogP contribution in [0.2, 0.25) is 0 Å². The summed E-state index contributed by atoms with van der Waals surface area (Å²) in [5.41, 5.74) is 2.17. The predicted octanol–water partition coefficient (Wildman–Crippen LogP) is 2.48. The molecule has 1 amide bonds. The number of benzene rings is 1. The minimum Gasteiger partial charge on any atom is -0.396 e. The number of likely N-dealkylation sites (tertiary alicyclic amines) is 1. The van der Waals surface area contributed by atoms with Gasteiger partial charge >= 0.3 is 0 Å². The molecule has 1 aliphatic rings. The lowest BCUT2D eigenvalue weighted by Crippen LogP contribution is -2.30. The Morgan fingerprint density at radius 3 is 2.72 bits per heavy atom. The summed E-state index contributed by atoms with van der Waals surface area (Å²) >= 11 is 0. The van der Waals surface area contributed by atoms with Crippen molar-refractivity contribution in [2.75, 3.05) is 19.7 Å². The Morgan fingerprint density at radius 1 is 1.08 bits per heavy atom. The van der Waals surface area contributed by atoms with E-state index in [2.05, 4.69) is 9.97 Å². The Balaban J connectivity index is 1.59. The van der Waals surface area contributed by atoms with Crippen LogP contribution in [0.25, 0.3) is 10.9 Å². The standard InChI is InChI=1S/C20H19N3O2/c24-13-15-11-23(12-16(15)18-7-3-4-10-21-18)20(25)19-9-8-14-5-1-2-6-17(14)22-19/h1-10,15-16,24H,11-13H2/t15-,16+/m0/s1. The summed E-state index contributed by atoms with van der Waals surface area (Å²) in [6.45, 7) is 1.11. The van der Waals surface area contributed by atoms with Crippen molar-refractivity contribution in [1.29, 1.82) is 0 Å². The highest BCUT2D eigenvalue weighted by Crippen LogP contribution is 2.32. The topological polar surface area (TPSA) is 66.3 Å². The third-order valence-corrected chi connectivity index (χ3v) is 4.85. The van der Waals surface area contributed by atoms with Crippen LogP contribution >= 0.6 is 0 Å². The Bertz CT molecular complexity index is 898. The van der Waals surface area contributed by atoms with Gasteiger partial charge < -0.3 is 10.0 Å². The van der Waals surface area contributed by atoms with Gasteiger partial charge in [0.15, 0.2) is 0 Å². The Labute approximate surface area is 146 Å². The molecule has 0 radical (unpaired) electrons. The normalized spacial score (nSPS) is 20.1. The van der Waals surface area contributed by atoms with Gasteiger partial charge in [-0.05, 0) is 24.3 Å². The summed E-state index contributed by atoms with van der Waals surface area (Å²) in [4.78, 5) is 23.6. The number of amides is 1. The van der Waals surface area contributed by atoms with Crippen LogP contribution in [0, 0.1) is 5.92 Å². The fourth-order valence-electron chi connectivity index (χ4n) is 3.50. The van der Waals surface area contributed by atoms with Gasteiger partial charge in [-0.15, -0.1) is 0 Å². The van der Waals surface area contributed by atoms with E-state index in [1.807, 2.05) is 48.5 Å². The van der Waals surface area contributed by atoms with Gasteiger partial charge in [0.1, 0.15) is 5.69 Å². The molecule has 0 spiro atoms. The smallest absolute Gasteiger partial charge is 0.272 e. The quantitative estimate of drug-likeness (QED) is 0.800. The molecule has 1 aliphatic heterocycles. The van der Waals surface area contributed by atoms with Crippen LogP contribution < -0.4 is 0 Å². The zero-order chi connectivity index (χ0) is 17.2. The molecule has 25 heavy (non-hydrogen) atoms. The average Bonchev–Trinajstić information content (AvgIpc) is 3.12. The highest BCUT2D eigenvalue weighted by atomic mass is 16.3. The summed E-state index contributed by atoms with van der Waals surface area (Å²) in [7, 11) is 0. The number of para-hydroxylation sites is 1. The largest absolute Gasteiger partial charge is 0.396 e. The highest BCUT2D eigenvalue weighted by Gasteiger charge is 2.37. The maximum atomic E-state index is 12.9. The summed E-state index contributed by atoms with van der Waals surface area (Å²) in [6, 6.07) is 17.2. The lowest BCUT2D eigenvalue weighted by molar-refractivity contribution is 0.0776. The van der Waals surface area contributed by atoms with Crippen molar-refractivity contribution in [2.24, 2.45) is 5.92 Å². The van der Waals surface area contributed by atoms with Crippen molar-refractivity contribution in [3.05, 3.63) is 72.2 Å². The van der Waals surface area contributed by atoms with Crippen LogP contribution in [-0.2, 0) is 0 Å². The van der Waals surface area contributed by atoms with Gasteiger partial charge in [-0.3, -0.25) is 9.78 Å². The molecule has 0 aliphatic carbocycles. The predicted molar refractivity (Wildman–Crippen MR) is 95.2 cm³/mol. The fraction of sp³-hybridized carbons (Fsp3) is 0.250. The first kappa shape index (κ1) is 15.7. The van der Waals surface area contributed by atoms with Gasteiger partial charge in [0.2, 0.25) is 0 Å². The second-order valence-corrected chi connectivity index (χ2v) is 6.40. The number of rotatable bonds is 3. The van der Waals surface area contributed by atoms with E-state index in [1.165, 1.54) is 0 Å². The van der Waals surface area contributed by atoms with Crippen LogP contribution in [0.1, 0.15) is 22.1 Å². The molecule has 126 valence electrons. The number of hydrogen-bond donors (Lipinski definition) is 1. The summed E-state index contributed by atoms with van der Waals surface area (Å²) in [5, 5.41) is 10.7. The average molecular weight is 333 g/mol. The first-order valence-electron chi connectivity index (χ1n) is 8.43. The minimum atomic E-state index is -0.0948. The zero-order valence-corrected chi connectivity index (χ0v) is 13.7. The van der Waals surface area contributed by atoms with Crippen molar-refractivity contribution >= 4 is 16.8 Å². The van der Waals surface area contributed by atoms with E-state index in [0.717, 1.165) is 16.6 Å². The van der Waals surface area contributed by atoms with Gasteiger partial charge in [-0.25, -0.2) is 4.98 Å². The molecule has 5 nitrogen and oxygen atoms in total. The Hall–Kier alpha value is -2.79. The molecule has 2 aromatic heterocycles. The van der Waals surface area contributed by atoms with Gasteiger partial charge in [-0.2, -0.15) is 0 Å². The van der Waals surface area contributed by atoms with Gasteiger partial charge in [0, 0.05) is 48.8 Å². The van der Waals surface area contributed by atoms with Crippen LogP contribution in [0.15, 0.2) is 60.8 Å². The number of pyridine rings is 2. The van der Waals surface area contributed by atoms with Crippen molar-refractivity contribution in [3.8, 4) is 0 Å². The number of carbonyl (C=O) groups excluding carboxylic acids is 1. The SMILES string of the molecule is O=C(c1ccc2ccccc2n1)N1C[C@@H](CO)[C@H](c2ccccn2)C1. The molecule has 4 rings (SSSR count). The van der Waals surface area contributed by atoms with Crippen molar-refractivity contribution in [2.45, 2.75) is 5.92 Å². The van der Waals surface area contributed by atoms with E-state index in [9.17, 15) is 9.90 Å².